The van der Waals surface area contributed by atoms with E-state index in [1.54, 1.807) is 0 Å². The van der Waals surface area contributed by atoms with Crippen LogP contribution < -0.4 is 9.79 Å². The van der Waals surface area contributed by atoms with Crippen molar-refractivity contribution in [2.24, 2.45) is 0 Å². The third kappa shape index (κ3) is 31.0. The summed E-state index contributed by atoms with van der Waals surface area (Å²) < 4.78 is 21.8. The molecule has 6 nitrogen and oxygen atoms in total. The first kappa shape index (κ1) is 18.4. The second-order valence-corrected chi connectivity index (χ2v) is 2.89. The molecule has 0 aromatic heterocycles. The van der Waals surface area contributed by atoms with E-state index in [0.29, 0.717) is 0 Å². The molecule has 0 spiro atoms. The molecule has 2 atom stereocenters. The van der Waals surface area contributed by atoms with E-state index in [1.807, 2.05) is 0 Å². The standard InChI is InChI=1S/C3H6O.H4O5P2.Zn/c1-2-3-4;1-6(2)5-7(3)4;/h2,4H,1,3H2;6-7H,(H,1,2)(H,3,4);/q;;+2/p-2. The van der Waals surface area contributed by atoms with Crippen LogP contribution in [-0.4, -0.2) is 11.7 Å². The van der Waals surface area contributed by atoms with Crippen LogP contribution in [0.15, 0.2) is 12.7 Å². The summed E-state index contributed by atoms with van der Waals surface area (Å²) in [5.74, 6) is 0. The third-order valence-corrected chi connectivity index (χ3v) is 1.63. The SMILES string of the molecule is C=CCO.O=[PH]([O-])O[PH](=O)[O-].[Zn+2]. The topological polar surface area (TPSA) is 110 Å². The van der Waals surface area contributed by atoms with E-state index in [2.05, 4.69) is 10.9 Å². The van der Waals surface area contributed by atoms with Gasteiger partial charge in [0.15, 0.2) is 0 Å². The van der Waals surface area contributed by atoms with Crippen molar-refractivity contribution in [2.45, 2.75) is 0 Å². The Morgan fingerprint density at radius 1 is 1.42 bits per heavy atom. The molecule has 9 heteroatoms. The summed E-state index contributed by atoms with van der Waals surface area (Å²) >= 11 is 0. The fraction of sp³-hybridized carbons (Fsp3) is 0.333. The minimum absolute atomic E-state index is 0. The maximum absolute atomic E-state index is 9.29. The average Bonchev–Trinajstić information content (AvgIpc) is 1.85. The Morgan fingerprint density at radius 3 is 1.67 bits per heavy atom. The summed E-state index contributed by atoms with van der Waals surface area (Å²) in [4.78, 5) is 18.6. The molecule has 0 saturated carbocycles. The number of hydrogen-bond acceptors (Lipinski definition) is 6. The summed E-state index contributed by atoms with van der Waals surface area (Å²) in [5, 5.41) is 7.76. The fourth-order valence-corrected chi connectivity index (χ4v) is 0.612. The van der Waals surface area contributed by atoms with Gasteiger partial charge >= 0.3 is 19.5 Å². The molecule has 2 unspecified atom stereocenters. The van der Waals surface area contributed by atoms with E-state index < -0.39 is 16.5 Å². The van der Waals surface area contributed by atoms with Gasteiger partial charge in [-0.15, -0.1) is 6.58 Å². The van der Waals surface area contributed by atoms with Crippen molar-refractivity contribution in [3.63, 3.8) is 0 Å². The van der Waals surface area contributed by atoms with Crippen molar-refractivity contribution in [3.8, 4) is 0 Å². The van der Waals surface area contributed by atoms with Gasteiger partial charge in [-0.2, -0.15) is 0 Å². The van der Waals surface area contributed by atoms with Crippen LogP contribution in [0.25, 0.3) is 0 Å². The maximum Gasteiger partial charge on any atom is 2.00 e. The van der Waals surface area contributed by atoms with Gasteiger partial charge in [-0.05, 0) is 0 Å². The van der Waals surface area contributed by atoms with Crippen LogP contribution in [0.5, 0.6) is 0 Å². The predicted molar refractivity (Wildman–Crippen MR) is 36.4 cm³/mol. The summed E-state index contributed by atoms with van der Waals surface area (Å²) in [7, 11) is -7.03. The van der Waals surface area contributed by atoms with Crippen molar-refractivity contribution in [1.29, 1.82) is 0 Å². The van der Waals surface area contributed by atoms with Crippen molar-refractivity contribution in [3.05, 3.63) is 12.7 Å². The van der Waals surface area contributed by atoms with E-state index in [-0.39, 0.29) is 26.1 Å². The molecule has 0 fully saturated rings. The van der Waals surface area contributed by atoms with E-state index >= 15 is 0 Å². The minimum Gasteiger partial charge on any atom is -0.781 e. The van der Waals surface area contributed by atoms with Gasteiger partial charge in [0, 0.05) is 0 Å². The molecule has 0 bridgehead atoms. The molecule has 0 heterocycles. The molecule has 0 aliphatic carbocycles. The molecular formula is C3H8O6P2Zn. The summed E-state index contributed by atoms with van der Waals surface area (Å²) in [6, 6.07) is 0. The summed E-state index contributed by atoms with van der Waals surface area (Å²) in [5.41, 5.74) is 0. The molecule has 1 N–H and O–H groups in total. The molecule has 0 saturated heterocycles. The number of hydrogen-bond donors (Lipinski definition) is 1. The van der Waals surface area contributed by atoms with Crippen molar-refractivity contribution >= 4 is 16.5 Å². The largest absolute Gasteiger partial charge is 2.00 e. The molecule has 0 aromatic carbocycles. The normalized spacial score (nSPS) is 12.9. The van der Waals surface area contributed by atoms with E-state index in [9.17, 15) is 18.9 Å². The van der Waals surface area contributed by atoms with Gasteiger partial charge in [0.25, 0.3) is 0 Å². The maximum atomic E-state index is 9.29. The Kier molecular flexibility index (Phi) is 21.8. The van der Waals surface area contributed by atoms with Gasteiger partial charge in [-0.25, -0.2) is 0 Å². The first-order valence-corrected chi connectivity index (χ1v) is 4.81. The Labute approximate surface area is 83.9 Å². The van der Waals surface area contributed by atoms with Gasteiger partial charge in [0.1, 0.15) is 16.5 Å². The minimum atomic E-state index is -3.51. The van der Waals surface area contributed by atoms with E-state index in [4.69, 9.17) is 5.11 Å². The monoisotopic (exact) mass is 266 g/mol. The van der Waals surface area contributed by atoms with Gasteiger partial charge in [0.2, 0.25) is 0 Å². The van der Waals surface area contributed by atoms with Crippen LogP contribution in [0, 0.1) is 0 Å². The molecule has 0 rings (SSSR count). The third-order valence-electron chi connectivity index (χ3n) is 0.296. The molecule has 0 radical (unpaired) electrons. The fourth-order valence-electron chi connectivity index (χ4n) is 0.0680. The van der Waals surface area contributed by atoms with Crippen LogP contribution >= 0.6 is 16.5 Å². The van der Waals surface area contributed by atoms with Gasteiger partial charge < -0.3 is 24.0 Å². The Morgan fingerprint density at radius 2 is 1.67 bits per heavy atom. The zero-order valence-corrected chi connectivity index (χ0v) is 11.2. The Bertz CT molecular complexity index is 138. The quantitative estimate of drug-likeness (QED) is 0.385. The molecule has 0 aromatic rings. The molecule has 12 heavy (non-hydrogen) atoms. The molecule has 0 amide bonds. The van der Waals surface area contributed by atoms with Crippen LogP contribution in [-0.2, 0) is 32.9 Å². The van der Waals surface area contributed by atoms with E-state index in [0.717, 1.165) is 0 Å². The van der Waals surface area contributed by atoms with Gasteiger partial charge in [-0.1, -0.05) is 6.08 Å². The summed E-state index contributed by atoms with van der Waals surface area (Å²) in [6.45, 7) is 3.31. The second-order valence-electron chi connectivity index (χ2n) is 1.07. The molecule has 0 aliphatic rings. The predicted octanol–water partition coefficient (Wildman–Crippen LogP) is -1.33. The van der Waals surface area contributed by atoms with E-state index in [1.165, 1.54) is 6.08 Å². The molecule has 0 aliphatic heterocycles. The Hall–Kier alpha value is 0.663. The number of rotatable bonds is 3. The molecular weight excluding hydrogens is 259 g/mol. The first-order valence-electron chi connectivity index (χ1n) is 2.36. The van der Waals surface area contributed by atoms with Gasteiger partial charge in [0.05, 0.1) is 6.61 Å². The van der Waals surface area contributed by atoms with Crippen LogP contribution in [0.3, 0.4) is 0 Å². The van der Waals surface area contributed by atoms with Crippen LogP contribution in [0.1, 0.15) is 0 Å². The Balaban J connectivity index is -0.000000142. The van der Waals surface area contributed by atoms with Crippen molar-refractivity contribution in [2.75, 3.05) is 6.61 Å². The first-order chi connectivity index (χ1) is 5.04. The zero-order chi connectivity index (χ0) is 9.28. The van der Waals surface area contributed by atoms with Crippen LogP contribution in [0.2, 0.25) is 0 Å². The van der Waals surface area contributed by atoms with Crippen LogP contribution in [0.4, 0.5) is 0 Å². The summed E-state index contributed by atoms with van der Waals surface area (Å²) in [6.07, 6.45) is 1.43. The number of aliphatic hydroxyl groups excluding tert-OH is 1. The van der Waals surface area contributed by atoms with Gasteiger partial charge in [-0.3, -0.25) is 4.31 Å². The smallest absolute Gasteiger partial charge is 0.781 e. The average molecular weight is 267 g/mol. The number of aliphatic hydroxyl groups is 1. The second kappa shape index (κ2) is 14.2. The van der Waals surface area contributed by atoms with Crippen molar-refractivity contribution in [1.82, 2.24) is 0 Å². The van der Waals surface area contributed by atoms with Crippen molar-refractivity contribution < 1.29 is 47.8 Å². The zero-order valence-electron chi connectivity index (χ0n) is 6.19. The molecule has 68 valence electrons.